The molecule has 0 unspecified atom stereocenters. The van der Waals surface area contributed by atoms with Crippen molar-refractivity contribution in [1.29, 1.82) is 0 Å². The van der Waals surface area contributed by atoms with Crippen LogP contribution in [0, 0.1) is 0 Å². The van der Waals surface area contributed by atoms with Gasteiger partial charge >= 0.3 is 0 Å². The summed E-state index contributed by atoms with van der Waals surface area (Å²) in [6.45, 7) is 10.5. The zero-order valence-corrected chi connectivity index (χ0v) is 21.2. The summed E-state index contributed by atoms with van der Waals surface area (Å²) in [7, 11) is 1.66. The number of amides is 1. The molecule has 0 N–H and O–H groups in total. The summed E-state index contributed by atoms with van der Waals surface area (Å²) in [5.41, 5.74) is 2.54. The highest BCUT2D eigenvalue weighted by molar-refractivity contribution is 5.95. The maximum atomic E-state index is 13.3. The Morgan fingerprint density at radius 3 is 2.62 bits per heavy atom. The van der Waals surface area contributed by atoms with Gasteiger partial charge in [0.05, 0.1) is 24.9 Å². The van der Waals surface area contributed by atoms with E-state index in [0.29, 0.717) is 25.3 Å². The monoisotopic (exact) mass is 466 g/mol. The molecule has 0 aliphatic carbocycles. The van der Waals surface area contributed by atoms with E-state index in [9.17, 15) is 4.79 Å². The van der Waals surface area contributed by atoms with Crippen molar-refractivity contribution in [3.8, 4) is 5.75 Å². The molecule has 0 radical (unpaired) electrons. The summed E-state index contributed by atoms with van der Waals surface area (Å²) in [6.07, 6.45) is 7.11. The fourth-order valence-corrected chi connectivity index (χ4v) is 5.33. The number of likely N-dealkylation sites (tertiary alicyclic amines) is 1. The Bertz CT molecular complexity index is 978. The van der Waals surface area contributed by atoms with Crippen LogP contribution in [0.5, 0.6) is 5.75 Å². The number of carbonyl (C=O) groups excluding carboxylic acids is 1. The molecule has 0 bridgehead atoms. The predicted octanol–water partition coefficient (Wildman–Crippen LogP) is 5.32. The van der Waals surface area contributed by atoms with Gasteiger partial charge in [0.25, 0.3) is 5.91 Å². The number of benzene rings is 1. The van der Waals surface area contributed by atoms with Crippen molar-refractivity contribution < 1.29 is 19.0 Å². The average Bonchev–Trinajstić information content (AvgIpc) is 2.83. The molecule has 2 saturated heterocycles. The van der Waals surface area contributed by atoms with Crippen LogP contribution in [0.2, 0.25) is 0 Å². The Hall–Kier alpha value is -2.44. The quantitative estimate of drug-likeness (QED) is 0.597. The van der Waals surface area contributed by atoms with Gasteiger partial charge in [-0.15, -0.1) is 0 Å². The van der Waals surface area contributed by atoms with E-state index in [0.717, 1.165) is 42.6 Å². The van der Waals surface area contributed by atoms with E-state index in [1.165, 1.54) is 0 Å². The van der Waals surface area contributed by atoms with Gasteiger partial charge in [-0.3, -0.25) is 9.78 Å². The first-order valence-corrected chi connectivity index (χ1v) is 12.4. The number of nitrogens with zero attached hydrogens (tertiary/aromatic N) is 2. The molecule has 4 rings (SSSR count). The smallest absolute Gasteiger partial charge is 0.253 e. The molecule has 1 aromatic heterocycles. The molecule has 2 atom stereocenters. The number of hydrogen-bond donors (Lipinski definition) is 0. The third-order valence-corrected chi connectivity index (χ3v) is 7.15. The first kappa shape index (κ1) is 24.7. The minimum atomic E-state index is -0.275. The lowest BCUT2D eigenvalue weighted by Gasteiger charge is -2.48. The molecule has 6 heteroatoms. The van der Waals surface area contributed by atoms with E-state index in [1.807, 2.05) is 42.3 Å². The van der Waals surface area contributed by atoms with Gasteiger partial charge < -0.3 is 19.1 Å². The summed E-state index contributed by atoms with van der Waals surface area (Å²) in [4.78, 5) is 19.6. The van der Waals surface area contributed by atoms with Gasteiger partial charge in [-0.05, 0) is 54.5 Å². The van der Waals surface area contributed by atoms with Crippen LogP contribution < -0.4 is 4.74 Å². The van der Waals surface area contributed by atoms with Crippen molar-refractivity contribution in [2.45, 2.75) is 76.6 Å². The number of pyridine rings is 1. The van der Waals surface area contributed by atoms with Crippen LogP contribution in [0.4, 0.5) is 0 Å². The van der Waals surface area contributed by atoms with Crippen LogP contribution in [-0.2, 0) is 14.9 Å². The second-order valence-corrected chi connectivity index (χ2v) is 10.6. The van der Waals surface area contributed by atoms with Gasteiger partial charge in [0.15, 0.2) is 0 Å². The molecule has 2 aliphatic heterocycles. The Labute approximate surface area is 203 Å². The van der Waals surface area contributed by atoms with Crippen molar-refractivity contribution in [1.82, 2.24) is 9.88 Å². The lowest BCUT2D eigenvalue weighted by atomic mass is 9.80. The van der Waals surface area contributed by atoms with Crippen LogP contribution >= 0.6 is 0 Å². The molecule has 2 fully saturated rings. The summed E-state index contributed by atoms with van der Waals surface area (Å²) >= 11 is 0. The van der Waals surface area contributed by atoms with Crippen LogP contribution in [0.1, 0.15) is 81.0 Å². The van der Waals surface area contributed by atoms with Crippen LogP contribution in [0.15, 0.2) is 42.7 Å². The van der Waals surface area contributed by atoms with Crippen molar-refractivity contribution in [2.75, 3.05) is 26.8 Å². The topological polar surface area (TPSA) is 60.9 Å². The van der Waals surface area contributed by atoms with E-state index in [4.69, 9.17) is 14.2 Å². The molecule has 1 aromatic carbocycles. The zero-order valence-electron chi connectivity index (χ0n) is 21.2. The first-order chi connectivity index (χ1) is 16.2. The van der Waals surface area contributed by atoms with Crippen LogP contribution in [0.25, 0.3) is 0 Å². The van der Waals surface area contributed by atoms with Crippen molar-refractivity contribution in [3.63, 3.8) is 0 Å². The second kappa shape index (κ2) is 10.0. The highest BCUT2D eigenvalue weighted by atomic mass is 16.5. The number of rotatable bonds is 5. The lowest BCUT2D eigenvalue weighted by molar-refractivity contribution is -0.190. The molecular formula is C28H38N2O4. The van der Waals surface area contributed by atoms with Gasteiger partial charge in [0, 0.05) is 50.5 Å². The van der Waals surface area contributed by atoms with E-state index in [2.05, 4.69) is 31.8 Å². The Kier molecular flexibility index (Phi) is 7.29. The zero-order chi connectivity index (χ0) is 24.3. The molecular weight excluding hydrogens is 428 g/mol. The molecule has 3 heterocycles. The normalized spacial score (nSPS) is 22.6. The fourth-order valence-electron chi connectivity index (χ4n) is 5.33. The molecule has 2 aliphatic rings. The van der Waals surface area contributed by atoms with Gasteiger partial charge in [0.2, 0.25) is 0 Å². The van der Waals surface area contributed by atoms with Crippen LogP contribution in [-0.4, -0.2) is 54.3 Å². The van der Waals surface area contributed by atoms with Gasteiger partial charge in [0.1, 0.15) is 5.75 Å². The molecule has 1 spiro atoms. The number of ether oxygens (including phenoxy) is 3. The van der Waals surface area contributed by atoms with Crippen molar-refractivity contribution in [2.24, 2.45) is 0 Å². The number of piperidine rings is 1. The molecule has 0 saturated carbocycles. The number of methoxy groups -OCH3 is 1. The number of hydrogen-bond acceptors (Lipinski definition) is 5. The maximum absolute atomic E-state index is 13.3. The largest absolute Gasteiger partial charge is 0.496 e. The number of carbonyl (C=O) groups is 1. The minimum Gasteiger partial charge on any atom is -0.496 e. The van der Waals surface area contributed by atoms with Gasteiger partial charge in [-0.2, -0.15) is 0 Å². The average molecular weight is 467 g/mol. The number of aromatic nitrogens is 1. The lowest BCUT2D eigenvalue weighted by Crippen LogP contribution is -2.52. The minimum absolute atomic E-state index is 0.0320. The van der Waals surface area contributed by atoms with Crippen molar-refractivity contribution in [3.05, 3.63) is 59.4 Å². The van der Waals surface area contributed by atoms with E-state index in [-0.39, 0.29) is 29.1 Å². The third kappa shape index (κ3) is 5.28. The molecule has 184 valence electrons. The van der Waals surface area contributed by atoms with Gasteiger partial charge in [-0.1, -0.05) is 32.9 Å². The summed E-state index contributed by atoms with van der Waals surface area (Å²) in [5, 5.41) is 0. The van der Waals surface area contributed by atoms with E-state index >= 15 is 0 Å². The van der Waals surface area contributed by atoms with E-state index < -0.39 is 0 Å². The first-order valence-electron chi connectivity index (χ1n) is 12.4. The Balaban J connectivity index is 1.47. The van der Waals surface area contributed by atoms with E-state index in [1.54, 1.807) is 13.3 Å². The Morgan fingerprint density at radius 1 is 1.24 bits per heavy atom. The fraction of sp³-hybridized carbons (Fsp3) is 0.571. The highest BCUT2D eigenvalue weighted by Crippen LogP contribution is 2.44. The third-order valence-electron chi connectivity index (χ3n) is 7.15. The Morgan fingerprint density at radius 2 is 2.00 bits per heavy atom. The van der Waals surface area contributed by atoms with Crippen LogP contribution in [0.3, 0.4) is 0 Å². The molecule has 34 heavy (non-hydrogen) atoms. The SMILES string of the molecule is CCO[C@H]1C[C@@H](c2cccnc2)OC2(CCN(C(=O)c3ccc(C(C)(C)C)c(OC)c3)CC2)C1. The standard InChI is InChI=1S/C28H38N2O4/c1-6-33-22-17-24(21-8-7-13-29-19-21)34-28(18-22)11-14-30(15-12-28)26(31)20-9-10-23(27(2,3)4)25(16-20)32-5/h7-10,13,16,19,22,24H,6,11-12,14-15,17-18H2,1-5H3/t22-,24-/m0/s1. The molecule has 1 amide bonds. The maximum Gasteiger partial charge on any atom is 0.253 e. The predicted molar refractivity (Wildman–Crippen MR) is 132 cm³/mol. The summed E-state index contributed by atoms with van der Waals surface area (Å²) in [6, 6.07) is 9.86. The summed E-state index contributed by atoms with van der Waals surface area (Å²) in [5.74, 6) is 0.816. The second-order valence-electron chi connectivity index (χ2n) is 10.6. The summed E-state index contributed by atoms with van der Waals surface area (Å²) < 4.78 is 18.4. The van der Waals surface area contributed by atoms with Crippen molar-refractivity contribution >= 4 is 5.91 Å². The molecule has 6 nitrogen and oxygen atoms in total. The molecule has 2 aromatic rings. The highest BCUT2D eigenvalue weighted by Gasteiger charge is 2.45. The van der Waals surface area contributed by atoms with Gasteiger partial charge in [-0.25, -0.2) is 0 Å².